The van der Waals surface area contributed by atoms with Gasteiger partial charge in [0, 0.05) is 27.1 Å². The smallest absolute Gasteiger partial charge is 0.313 e. The minimum atomic E-state index is -0.446. The van der Waals surface area contributed by atoms with Gasteiger partial charge in [0.05, 0.1) is 4.92 Å². The number of nitro groups is 1. The van der Waals surface area contributed by atoms with Crippen molar-refractivity contribution in [3.63, 3.8) is 0 Å². The zero-order chi connectivity index (χ0) is 13.7. The fourth-order valence-electron chi connectivity index (χ4n) is 1.39. The third kappa shape index (κ3) is 4.01. The molecule has 0 aliphatic heterocycles. The number of ether oxygens (including phenoxy) is 2. The lowest BCUT2D eigenvalue weighted by Crippen LogP contribution is -2.09. The van der Waals surface area contributed by atoms with Crippen molar-refractivity contribution in [2.75, 3.05) is 14.2 Å². The predicted octanol–water partition coefficient (Wildman–Crippen LogP) is 2.14. The van der Waals surface area contributed by atoms with Crippen LogP contribution in [0.3, 0.4) is 0 Å². The maximum absolute atomic E-state index is 11.1. The normalized spacial score (nSPS) is 14.4. The first kappa shape index (κ1) is 15.5. The molecule has 0 spiro atoms. The van der Waals surface area contributed by atoms with Crippen LogP contribution in [0.2, 0.25) is 0 Å². The van der Waals surface area contributed by atoms with E-state index in [1.807, 2.05) is 0 Å². The molecule has 1 aromatic rings. The number of halogens is 2. The summed E-state index contributed by atoms with van der Waals surface area (Å²) >= 11 is 6.48. The van der Waals surface area contributed by atoms with Gasteiger partial charge in [0.2, 0.25) is 0 Å². The number of rotatable bonds is 7. The molecule has 0 aliphatic carbocycles. The molecule has 0 saturated heterocycles. The third-order valence-electron chi connectivity index (χ3n) is 2.30. The molecule has 2 atom stereocenters. The molecule has 1 N–H and O–H groups in total. The van der Waals surface area contributed by atoms with Gasteiger partial charge in [0.15, 0.2) is 0 Å². The second kappa shape index (κ2) is 7.17. The molecule has 0 aromatic carbocycles. The van der Waals surface area contributed by atoms with Crippen LogP contribution in [-0.2, 0) is 22.3 Å². The molecule has 0 aliphatic rings. The van der Waals surface area contributed by atoms with Gasteiger partial charge in [0.1, 0.15) is 21.4 Å². The number of hydrogen-bond donors (Lipinski definition) is 1. The Balaban J connectivity index is 2.95. The number of aromatic nitrogens is 2. The first-order valence-electron chi connectivity index (χ1n) is 5.03. The number of aromatic amines is 1. The van der Waals surface area contributed by atoms with Crippen molar-refractivity contribution in [2.45, 2.75) is 22.9 Å². The molecular formula is C9H13Br2N3O4. The highest BCUT2D eigenvalue weighted by Crippen LogP contribution is 2.26. The second-order valence-corrected chi connectivity index (χ2v) is 5.50. The summed E-state index contributed by atoms with van der Waals surface area (Å²) in [6.07, 6.45) is 0.642. The molecule has 0 fully saturated rings. The highest BCUT2D eigenvalue weighted by atomic mass is 79.9. The summed E-state index contributed by atoms with van der Waals surface area (Å²) in [6.45, 7) is 0. The number of hydrogen-bond acceptors (Lipinski definition) is 5. The molecule has 0 saturated carbocycles. The molecule has 0 bridgehead atoms. The van der Waals surface area contributed by atoms with Crippen molar-refractivity contribution in [2.24, 2.45) is 0 Å². The van der Waals surface area contributed by atoms with E-state index in [2.05, 4.69) is 42.1 Å². The lowest BCUT2D eigenvalue weighted by molar-refractivity contribution is -0.386. The van der Waals surface area contributed by atoms with Crippen LogP contribution in [0.15, 0.2) is 0 Å². The molecule has 9 heteroatoms. The van der Waals surface area contributed by atoms with Gasteiger partial charge >= 0.3 is 5.69 Å². The van der Waals surface area contributed by atoms with Crippen LogP contribution in [-0.4, -0.2) is 39.4 Å². The molecule has 18 heavy (non-hydrogen) atoms. The summed E-state index contributed by atoms with van der Waals surface area (Å²) < 4.78 is 10.0. The average Bonchev–Trinajstić information content (AvgIpc) is 2.71. The Bertz CT molecular complexity index is 383. The van der Waals surface area contributed by atoms with Crippen molar-refractivity contribution in [3.8, 4) is 0 Å². The highest BCUT2D eigenvalue weighted by Gasteiger charge is 2.26. The number of alkyl halides is 2. The largest absolute Gasteiger partial charge is 0.370 e. The van der Waals surface area contributed by atoms with Gasteiger partial charge in [-0.15, -0.1) is 0 Å². The fourth-order valence-corrected chi connectivity index (χ4v) is 2.02. The Hall–Kier alpha value is -0.510. The number of H-pyrrole nitrogens is 1. The van der Waals surface area contributed by atoms with E-state index in [0.717, 1.165) is 0 Å². The van der Waals surface area contributed by atoms with Gasteiger partial charge in [-0.2, -0.15) is 5.10 Å². The van der Waals surface area contributed by atoms with Gasteiger partial charge in [-0.05, 0) is 0 Å². The van der Waals surface area contributed by atoms with Crippen molar-refractivity contribution in [1.29, 1.82) is 0 Å². The second-order valence-electron chi connectivity index (χ2n) is 3.45. The highest BCUT2D eigenvalue weighted by molar-refractivity contribution is 9.09. The van der Waals surface area contributed by atoms with Crippen LogP contribution in [0.1, 0.15) is 11.4 Å². The molecule has 0 radical (unpaired) electrons. The van der Waals surface area contributed by atoms with Crippen molar-refractivity contribution >= 4 is 37.5 Å². The summed E-state index contributed by atoms with van der Waals surface area (Å²) in [5.41, 5.74) is 0.766. The summed E-state index contributed by atoms with van der Waals surface area (Å²) in [7, 11) is 3.03. The van der Waals surface area contributed by atoms with Gasteiger partial charge in [0.25, 0.3) is 0 Å². The minimum Gasteiger partial charge on any atom is -0.370 e. The maximum atomic E-state index is 11.1. The van der Waals surface area contributed by atoms with Crippen LogP contribution in [0.5, 0.6) is 0 Å². The predicted molar refractivity (Wildman–Crippen MR) is 72.1 cm³/mol. The first-order valence-corrected chi connectivity index (χ1v) is 6.87. The zero-order valence-corrected chi connectivity index (χ0v) is 13.0. The number of nitrogens with one attached hydrogen (secondary N) is 1. The third-order valence-corrected chi connectivity index (χ3v) is 3.69. The van der Waals surface area contributed by atoms with E-state index in [-0.39, 0.29) is 15.7 Å². The summed E-state index contributed by atoms with van der Waals surface area (Å²) in [5, 5.41) is 17.1. The minimum absolute atomic E-state index is 0.0157. The van der Waals surface area contributed by atoms with Crippen LogP contribution in [0, 0.1) is 10.1 Å². The monoisotopic (exact) mass is 385 g/mol. The van der Waals surface area contributed by atoms with Gasteiger partial charge in [-0.25, -0.2) is 0 Å². The summed E-state index contributed by atoms with van der Waals surface area (Å²) in [6, 6.07) is 0. The SMILES string of the molecule is COC(Br)Cc1n[nH]c(CC(Br)OC)c1[N+](=O)[O-]. The van der Waals surface area contributed by atoms with Gasteiger partial charge < -0.3 is 9.47 Å². The molecule has 1 rings (SSSR count). The van der Waals surface area contributed by atoms with Crippen LogP contribution in [0.25, 0.3) is 0 Å². The standard InChI is InChI=1S/C9H13Br2N3O4/c1-17-7(10)3-5-9(14(15)16)6(13-12-5)4-8(11)18-2/h7-8H,3-4H2,1-2H3,(H,12,13). The molecule has 102 valence electrons. The van der Waals surface area contributed by atoms with Crippen molar-refractivity contribution in [1.82, 2.24) is 10.2 Å². The van der Waals surface area contributed by atoms with Crippen LogP contribution >= 0.6 is 31.9 Å². The van der Waals surface area contributed by atoms with E-state index in [0.29, 0.717) is 24.2 Å². The van der Waals surface area contributed by atoms with Crippen molar-refractivity contribution in [3.05, 3.63) is 21.5 Å². The Morgan fingerprint density at radius 3 is 2.39 bits per heavy atom. The van der Waals surface area contributed by atoms with E-state index >= 15 is 0 Å². The Morgan fingerprint density at radius 1 is 1.33 bits per heavy atom. The molecule has 7 nitrogen and oxygen atoms in total. The molecule has 0 amide bonds. The average molecular weight is 387 g/mol. The quantitative estimate of drug-likeness (QED) is 0.440. The van der Waals surface area contributed by atoms with Gasteiger partial charge in [-0.3, -0.25) is 15.2 Å². The Labute approximate surface area is 121 Å². The van der Waals surface area contributed by atoms with Crippen LogP contribution < -0.4 is 0 Å². The summed E-state index contributed by atoms with van der Waals surface area (Å²) in [4.78, 5) is 10.6. The van der Waals surface area contributed by atoms with Gasteiger partial charge in [-0.1, -0.05) is 31.9 Å². The fraction of sp³-hybridized carbons (Fsp3) is 0.667. The van der Waals surface area contributed by atoms with E-state index in [1.54, 1.807) is 0 Å². The Kier molecular flexibility index (Phi) is 6.19. The lowest BCUT2D eigenvalue weighted by Gasteiger charge is -2.06. The van der Waals surface area contributed by atoms with Crippen LogP contribution in [0.4, 0.5) is 5.69 Å². The molecule has 1 aromatic heterocycles. The number of methoxy groups -OCH3 is 2. The van der Waals surface area contributed by atoms with E-state index in [1.165, 1.54) is 14.2 Å². The molecule has 2 unspecified atom stereocenters. The molecule has 1 heterocycles. The van der Waals surface area contributed by atoms with E-state index < -0.39 is 4.92 Å². The van der Waals surface area contributed by atoms with Crippen molar-refractivity contribution < 1.29 is 14.4 Å². The molecular weight excluding hydrogens is 374 g/mol. The summed E-state index contributed by atoms with van der Waals surface area (Å²) in [5.74, 6) is 0. The first-order chi connectivity index (χ1) is 8.49. The topological polar surface area (TPSA) is 90.3 Å². The maximum Gasteiger partial charge on any atom is 0.313 e. The van der Waals surface area contributed by atoms with E-state index in [9.17, 15) is 10.1 Å². The lowest BCUT2D eigenvalue weighted by atomic mass is 10.2. The Morgan fingerprint density at radius 2 is 1.89 bits per heavy atom. The number of nitrogens with zero attached hydrogens (tertiary/aromatic N) is 2. The zero-order valence-electron chi connectivity index (χ0n) is 9.85. The van der Waals surface area contributed by atoms with E-state index in [4.69, 9.17) is 9.47 Å².